The summed E-state index contributed by atoms with van der Waals surface area (Å²) in [7, 11) is 0.670. The number of rotatable bonds is 6. The van der Waals surface area contributed by atoms with E-state index in [9.17, 15) is 8.42 Å². The molecule has 26 heavy (non-hydrogen) atoms. The molecular weight excluding hydrogens is 346 g/mol. The van der Waals surface area contributed by atoms with Crippen LogP contribution in [0.2, 0.25) is 0 Å². The highest BCUT2D eigenvalue weighted by molar-refractivity contribution is 7.92. The Hall–Kier alpha value is -2.05. The van der Waals surface area contributed by atoms with Crippen molar-refractivity contribution >= 4 is 21.4 Å². The summed E-state index contributed by atoms with van der Waals surface area (Å²) in [4.78, 5) is 4.42. The molecule has 1 aliphatic rings. The number of hydrogen-bond acceptors (Lipinski definition) is 4. The van der Waals surface area contributed by atoms with Gasteiger partial charge < -0.3 is 9.80 Å². The summed E-state index contributed by atoms with van der Waals surface area (Å²) in [5.41, 5.74) is 3.65. The van der Waals surface area contributed by atoms with Crippen molar-refractivity contribution in [1.82, 2.24) is 4.90 Å². The third-order valence-electron chi connectivity index (χ3n) is 4.82. The lowest BCUT2D eigenvalue weighted by molar-refractivity contribution is 0.413. The first-order chi connectivity index (χ1) is 12.4. The van der Waals surface area contributed by atoms with Crippen molar-refractivity contribution in [2.45, 2.75) is 12.7 Å². The number of nitrogens with zero attached hydrogens (tertiary/aromatic N) is 3. The summed E-state index contributed by atoms with van der Waals surface area (Å²) >= 11 is 0. The van der Waals surface area contributed by atoms with E-state index in [0.717, 1.165) is 35.6 Å². The molecule has 0 amide bonds. The highest BCUT2D eigenvalue weighted by Crippen LogP contribution is 2.35. The van der Waals surface area contributed by atoms with Gasteiger partial charge >= 0.3 is 0 Å². The van der Waals surface area contributed by atoms with E-state index in [1.54, 1.807) is 4.31 Å². The summed E-state index contributed by atoms with van der Waals surface area (Å²) < 4.78 is 27.9. The van der Waals surface area contributed by atoms with Gasteiger partial charge in [0, 0.05) is 19.6 Å². The van der Waals surface area contributed by atoms with Gasteiger partial charge in [-0.05, 0) is 44.3 Å². The van der Waals surface area contributed by atoms with Gasteiger partial charge in [-0.3, -0.25) is 4.31 Å². The molecule has 0 bridgehead atoms. The molecule has 0 N–H and O–H groups in total. The predicted octanol–water partition coefficient (Wildman–Crippen LogP) is 2.71. The number of fused-ring (bicyclic) bond motifs is 1. The molecule has 0 radical (unpaired) electrons. The summed E-state index contributed by atoms with van der Waals surface area (Å²) in [6, 6.07) is 15.5. The van der Waals surface area contributed by atoms with Gasteiger partial charge in [0.25, 0.3) is 0 Å². The number of hydrogen-bond donors (Lipinski definition) is 0. The van der Waals surface area contributed by atoms with E-state index in [-0.39, 0.29) is 5.75 Å². The first-order valence-corrected chi connectivity index (χ1v) is 10.5. The second-order valence-corrected chi connectivity index (χ2v) is 8.93. The second-order valence-electron chi connectivity index (χ2n) is 7.03. The van der Waals surface area contributed by atoms with Crippen molar-refractivity contribution in [1.29, 1.82) is 0 Å². The Morgan fingerprint density at radius 3 is 2.31 bits per heavy atom. The van der Waals surface area contributed by atoms with E-state index in [1.807, 2.05) is 55.5 Å². The Morgan fingerprint density at radius 2 is 1.62 bits per heavy atom. The van der Waals surface area contributed by atoms with Gasteiger partial charge in [0.05, 0.1) is 23.7 Å². The summed E-state index contributed by atoms with van der Waals surface area (Å²) in [6.07, 6.45) is 0. The van der Waals surface area contributed by atoms with Crippen LogP contribution in [0.3, 0.4) is 0 Å². The lowest BCUT2D eigenvalue weighted by Crippen LogP contribution is -2.46. The van der Waals surface area contributed by atoms with E-state index >= 15 is 0 Å². The van der Waals surface area contributed by atoms with Gasteiger partial charge in [-0.1, -0.05) is 36.4 Å². The highest BCUT2D eigenvalue weighted by Gasteiger charge is 2.30. The molecule has 0 aliphatic carbocycles. The molecule has 0 aromatic heterocycles. The van der Waals surface area contributed by atoms with Gasteiger partial charge in [0.2, 0.25) is 10.0 Å². The molecule has 0 spiro atoms. The molecule has 0 unspecified atom stereocenters. The number of sulfonamides is 1. The molecule has 0 saturated carbocycles. The number of aryl methyl sites for hydroxylation is 1. The molecule has 1 aliphatic heterocycles. The molecule has 140 valence electrons. The topological polar surface area (TPSA) is 43.9 Å². The standard InChI is InChI=1S/C20H27N3O2S/c1-17-8-4-5-9-18(17)16-26(24,25)23-15-14-22(13-12-21(2)3)19-10-6-7-11-20(19)23/h4-11H,12-16H2,1-3H3. The van der Waals surface area contributed by atoms with Gasteiger partial charge in [0.15, 0.2) is 0 Å². The van der Waals surface area contributed by atoms with E-state index in [4.69, 9.17) is 0 Å². The molecular formula is C20H27N3O2S. The minimum absolute atomic E-state index is 0.0334. The van der Waals surface area contributed by atoms with Crippen LogP contribution < -0.4 is 9.21 Å². The van der Waals surface area contributed by atoms with Crippen molar-refractivity contribution < 1.29 is 8.42 Å². The Balaban J connectivity index is 1.88. The summed E-state index contributed by atoms with van der Waals surface area (Å²) in [5, 5.41) is 0. The molecule has 0 fully saturated rings. The number of anilines is 2. The van der Waals surface area contributed by atoms with Crippen LogP contribution in [0.25, 0.3) is 0 Å². The monoisotopic (exact) mass is 373 g/mol. The zero-order chi connectivity index (χ0) is 18.7. The number of likely N-dealkylation sites (N-methyl/N-ethyl adjacent to an activating group) is 1. The molecule has 3 rings (SSSR count). The molecule has 6 heteroatoms. The molecule has 2 aromatic carbocycles. The second kappa shape index (κ2) is 7.68. The van der Waals surface area contributed by atoms with Crippen molar-refractivity contribution in [2.24, 2.45) is 0 Å². The predicted molar refractivity (Wildman–Crippen MR) is 108 cm³/mol. The van der Waals surface area contributed by atoms with Gasteiger partial charge in [0.1, 0.15) is 0 Å². The summed E-state index contributed by atoms with van der Waals surface area (Å²) in [5.74, 6) is 0.0334. The third-order valence-corrected chi connectivity index (χ3v) is 6.54. The molecule has 0 atom stereocenters. The maximum Gasteiger partial charge on any atom is 0.239 e. The Bertz CT molecular complexity index is 865. The smallest absolute Gasteiger partial charge is 0.239 e. The van der Waals surface area contributed by atoms with E-state index in [2.05, 4.69) is 23.9 Å². The van der Waals surface area contributed by atoms with E-state index < -0.39 is 10.0 Å². The Labute approximate surface area is 156 Å². The Kier molecular flexibility index (Phi) is 5.53. The maximum atomic E-state index is 13.1. The molecule has 2 aromatic rings. The Morgan fingerprint density at radius 1 is 0.962 bits per heavy atom. The lowest BCUT2D eigenvalue weighted by Gasteiger charge is -2.38. The zero-order valence-corrected chi connectivity index (χ0v) is 16.5. The SMILES string of the molecule is Cc1ccccc1CS(=O)(=O)N1CCN(CCN(C)C)c2ccccc21. The van der Waals surface area contributed by atoms with Crippen molar-refractivity contribution in [3.63, 3.8) is 0 Å². The van der Waals surface area contributed by atoms with Gasteiger partial charge in [-0.25, -0.2) is 8.42 Å². The maximum absolute atomic E-state index is 13.1. The molecule has 0 saturated heterocycles. The van der Waals surface area contributed by atoms with Crippen LogP contribution in [-0.2, 0) is 15.8 Å². The fraction of sp³-hybridized carbons (Fsp3) is 0.400. The normalized spacial score (nSPS) is 14.6. The third kappa shape index (κ3) is 4.02. The average molecular weight is 374 g/mol. The van der Waals surface area contributed by atoms with Crippen LogP contribution in [0.15, 0.2) is 48.5 Å². The van der Waals surface area contributed by atoms with E-state index in [0.29, 0.717) is 13.1 Å². The van der Waals surface area contributed by atoms with Gasteiger partial charge in [-0.2, -0.15) is 0 Å². The van der Waals surface area contributed by atoms with Crippen LogP contribution in [0.5, 0.6) is 0 Å². The summed E-state index contributed by atoms with van der Waals surface area (Å²) in [6.45, 7) is 4.97. The minimum Gasteiger partial charge on any atom is -0.367 e. The van der Waals surface area contributed by atoms with E-state index in [1.165, 1.54) is 0 Å². The molecule has 1 heterocycles. The minimum atomic E-state index is -3.43. The van der Waals surface area contributed by atoms with Gasteiger partial charge in [-0.15, -0.1) is 0 Å². The number of benzene rings is 2. The lowest BCUT2D eigenvalue weighted by atomic mass is 10.1. The van der Waals surface area contributed by atoms with Crippen LogP contribution in [-0.4, -0.2) is 53.6 Å². The van der Waals surface area contributed by atoms with Crippen LogP contribution in [0, 0.1) is 6.92 Å². The van der Waals surface area contributed by atoms with Crippen molar-refractivity contribution in [3.05, 3.63) is 59.7 Å². The average Bonchev–Trinajstić information content (AvgIpc) is 2.61. The van der Waals surface area contributed by atoms with Crippen LogP contribution in [0.1, 0.15) is 11.1 Å². The van der Waals surface area contributed by atoms with Crippen molar-refractivity contribution in [2.75, 3.05) is 49.5 Å². The fourth-order valence-electron chi connectivity index (χ4n) is 3.28. The van der Waals surface area contributed by atoms with Crippen molar-refractivity contribution in [3.8, 4) is 0 Å². The quantitative estimate of drug-likeness (QED) is 0.781. The highest BCUT2D eigenvalue weighted by atomic mass is 32.2. The van der Waals surface area contributed by atoms with Crippen LogP contribution >= 0.6 is 0 Å². The van der Waals surface area contributed by atoms with Crippen LogP contribution in [0.4, 0.5) is 11.4 Å². The first kappa shape index (κ1) is 18.7. The largest absolute Gasteiger partial charge is 0.367 e. The zero-order valence-electron chi connectivity index (χ0n) is 15.7. The molecule has 5 nitrogen and oxygen atoms in total. The fourth-order valence-corrected chi connectivity index (χ4v) is 4.97. The number of para-hydroxylation sites is 2. The first-order valence-electron chi connectivity index (χ1n) is 8.92.